The fourth-order valence-corrected chi connectivity index (χ4v) is 1.76. The van der Waals surface area contributed by atoms with Gasteiger partial charge in [0, 0.05) is 16.9 Å². The number of nitrogens with zero attached hydrogens (tertiary/aromatic N) is 1. The molecular formula is C10H8BrN. The maximum atomic E-state index is 4.27. The maximum Gasteiger partial charge on any atom is 0.0705 e. The van der Waals surface area contributed by atoms with Crippen molar-refractivity contribution in [2.24, 2.45) is 0 Å². The molecule has 2 aromatic rings. The number of pyridine rings is 1. The number of hydrogen-bond acceptors (Lipinski definition) is 1. The number of halogens is 1. The Hall–Kier alpha value is -0.890. The van der Waals surface area contributed by atoms with E-state index >= 15 is 0 Å². The minimum Gasteiger partial charge on any atom is -0.256 e. The van der Waals surface area contributed by atoms with Crippen molar-refractivity contribution in [3.05, 3.63) is 42.1 Å². The standard InChI is InChI=1S/C10H8BrN/c11-7-8-5-6-12-10-4-2-1-3-9(8)10/h1-6H,7H2. The Morgan fingerprint density at radius 2 is 2.00 bits per heavy atom. The topological polar surface area (TPSA) is 12.9 Å². The fraction of sp³-hybridized carbons (Fsp3) is 0.100. The van der Waals surface area contributed by atoms with Crippen LogP contribution in [0.3, 0.4) is 0 Å². The lowest BCUT2D eigenvalue weighted by Gasteiger charge is -2.00. The van der Waals surface area contributed by atoms with Gasteiger partial charge in [0.2, 0.25) is 0 Å². The third kappa shape index (κ3) is 1.23. The van der Waals surface area contributed by atoms with Gasteiger partial charge in [-0.15, -0.1) is 0 Å². The Labute approximate surface area is 79.6 Å². The van der Waals surface area contributed by atoms with Gasteiger partial charge in [0.1, 0.15) is 0 Å². The summed E-state index contributed by atoms with van der Waals surface area (Å²) in [7, 11) is 0. The largest absolute Gasteiger partial charge is 0.256 e. The molecule has 0 spiro atoms. The number of benzene rings is 1. The number of alkyl halides is 1. The van der Waals surface area contributed by atoms with Gasteiger partial charge in [-0.25, -0.2) is 0 Å². The van der Waals surface area contributed by atoms with Gasteiger partial charge in [-0.2, -0.15) is 0 Å². The van der Waals surface area contributed by atoms with Crippen LogP contribution in [0.4, 0.5) is 0 Å². The van der Waals surface area contributed by atoms with Gasteiger partial charge in [0.05, 0.1) is 5.52 Å². The quantitative estimate of drug-likeness (QED) is 0.675. The third-order valence-electron chi connectivity index (χ3n) is 1.88. The molecule has 12 heavy (non-hydrogen) atoms. The van der Waals surface area contributed by atoms with E-state index in [0.717, 1.165) is 10.8 Å². The highest BCUT2D eigenvalue weighted by atomic mass is 79.9. The molecule has 1 aromatic heterocycles. The lowest BCUT2D eigenvalue weighted by molar-refractivity contribution is 1.36. The van der Waals surface area contributed by atoms with E-state index in [-0.39, 0.29) is 0 Å². The van der Waals surface area contributed by atoms with Gasteiger partial charge in [0.25, 0.3) is 0 Å². The summed E-state index contributed by atoms with van der Waals surface area (Å²) in [5, 5.41) is 2.12. The lowest BCUT2D eigenvalue weighted by Crippen LogP contribution is -1.83. The second kappa shape index (κ2) is 3.23. The highest BCUT2D eigenvalue weighted by Gasteiger charge is 1.97. The zero-order valence-corrected chi connectivity index (χ0v) is 8.08. The molecule has 0 saturated carbocycles. The summed E-state index contributed by atoms with van der Waals surface area (Å²) >= 11 is 3.45. The normalized spacial score (nSPS) is 10.4. The summed E-state index contributed by atoms with van der Waals surface area (Å²) in [6.07, 6.45) is 1.85. The Bertz CT molecular complexity index is 392. The zero-order chi connectivity index (χ0) is 8.39. The average molecular weight is 222 g/mol. The van der Waals surface area contributed by atoms with Crippen molar-refractivity contribution in [3.63, 3.8) is 0 Å². The molecule has 1 aromatic carbocycles. The summed E-state index contributed by atoms with van der Waals surface area (Å²) < 4.78 is 0. The minimum absolute atomic E-state index is 0.885. The van der Waals surface area contributed by atoms with Crippen molar-refractivity contribution in [2.45, 2.75) is 5.33 Å². The van der Waals surface area contributed by atoms with E-state index in [4.69, 9.17) is 0 Å². The predicted molar refractivity (Wildman–Crippen MR) is 54.4 cm³/mol. The van der Waals surface area contributed by atoms with Crippen molar-refractivity contribution in [1.29, 1.82) is 0 Å². The Morgan fingerprint density at radius 1 is 1.17 bits per heavy atom. The maximum absolute atomic E-state index is 4.27. The molecular weight excluding hydrogens is 214 g/mol. The fourth-order valence-electron chi connectivity index (χ4n) is 1.27. The summed E-state index contributed by atoms with van der Waals surface area (Å²) in [5.74, 6) is 0. The van der Waals surface area contributed by atoms with E-state index in [9.17, 15) is 0 Å². The number of aromatic nitrogens is 1. The van der Waals surface area contributed by atoms with E-state index in [1.807, 2.05) is 30.5 Å². The van der Waals surface area contributed by atoms with Crippen LogP contribution in [0.15, 0.2) is 36.5 Å². The average Bonchev–Trinajstić information content (AvgIpc) is 2.17. The molecule has 0 radical (unpaired) electrons. The van der Waals surface area contributed by atoms with Gasteiger partial charge in [-0.3, -0.25) is 4.98 Å². The van der Waals surface area contributed by atoms with Crippen LogP contribution >= 0.6 is 15.9 Å². The van der Waals surface area contributed by atoms with Crippen molar-refractivity contribution in [2.75, 3.05) is 0 Å². The van der Waals surface area contributed by atoms with E-state index in [1.54, 1.807) is 0 Å². The molecule has 2 heteroatoms. The first kappa shape index (κ1) is 7.74. The molecule has 2 rings (SSSR count). The Balaban J connectivity index is 2.79. The first-order valence-electron chi connectivity index (χ1n) is 3.80. The second-order valence-corrected chi connectivity index (χ2v) is 3.18. The Kier molecular flexibility index (Phi) is 2.09. The van der Waals surface area contributed by atoms with Crippen LogP contribution in [-0.2, 0) is 5.33 Å². The van der Waals surface area contributed by atoms with E-state index in [0.29, 0.717) is 0 Å². The van der Waals surface area contributed by atoms with Crippen molar-refractivity contribution >= 4 is 26.8 Å². The molecule has 0 aliphatic heterocycles. The highest BCUT2D eigenvalue weighted by Crippen LogP contribution is 2.17. The molecule has 0 aliphatic rings. The van der Waals surface area contributed by atoms with Gasteiger partial charge in [0.15, 0.2) is 0 Å². The van der Waals surface area contributed by atoms with Gasteiger partial charge in [-0.1, -0.05) is 34.1 Å². The molecule has 1 heterocycles. The molecule has 60 valence electrons. The summed E-state index contributed by atoms with van der Waals surface area (Å²) in [5.41, 5.74) is 2.36. The molecule has 0 atom stereocenters. The SMILES string of the molecule is BrCc1ccnc2ccccc12. The molecule has 0 bridgehead atoms. The van der Waals surface area contributed by atoms with Gasteiger partial charge in [-0.05, 0) is 17.7 Å². The first-order valence-corrected chi connectivity index (χ1v) is 4.92. The summed E-state index contributed by atoms with van der Waals surface area (Å²) in [6.45, 7) is 0. The minimum atomic E-state index is 0.885. The second-order valence-electron chi connectivity index (χ2n) is 2.62. The van der Waals surface area contributed by atoms with Crippen LogP contribution < -0.4 is 0 Å². The lowest BCUT2D eigenvalue weighted by atomic mass is 10.1. The van der Waals surface area contributed by atoms with E-state index in [1.165, 1.54) is 10.9 Å². The van der Waals surface area contributed by atoms with Crippen LogP contribution in [0.25, 0.3) is 10.9 Å². The smallest absolute Gasteiger partial charge is 0.0705 e. The number of hydrogen-bond donors (Lipinski definition) is 0. The number of rotatable bonds is 1. The van der Waals surface area contributed by atoms with Crippen LogP contribution in [0.5, 0.6) is 0 Å². The number of para-hydroxylation sites is 1. The highest BCUT2D eigenvalue weighted by molar-refractivity contribution is 9.08. The van der Waals surface area contributed by atoms with Crippen molar-refractivity contribution in [1.82, 2.24) is 4.98 Å². The molecule has 0 unspecified atom stereocenters. The van der Waals surface area contributed by atoms with Crippen molar-refractivity contribution in [3.8, 4) is 0 Å². The molecule has 0 fully saturated rings. The Morgan fingerprint density at radius 3 is 2.83 bits per heavy atom. The van der Waals surface area contributed by atoms with Gasteiger partial charge < -0.3 is 0 Å². The van der Waals surface area contributed by atoms with E-state index < -0.39 is 0 Å². The van der Waals surface area contributed by atoms with E-state index in [2.05, 4.69) is 27.0 Å². The third-order valence-corrected chi connectivity index (χ3v) is 2.49. The van der Waals surface area contributed by atoms with Crippen LogP contribution in [0.1, 0.15) is 5.56 Å². The molecule has 0 saturated heterocycles. The van der Waals surface area contributed by atoms with Crippen LogP contribution in [0.2, 0.25) is 0 Å². The van der Waals surface area contributed by atoms with Crippen LogP contribution in [0, 0.1) is 0 Å². The first-order chi connectivity index (χ1) is 5.92. The summed E-state index contributed by atoms with van der Waals surface area (Å²) in [4.78, 5) is 4.27. The monoisotopic (exact) mass is 221 g/mol. The summed E-state index contributed by atoms with van der Waals surface area (Å²) in [6, 6.07) is 10.2. The molecule has 1 nitrogen and oxygen atoms in total. The molecule has 0 aliphatic carbocycles. The predicted octanol–water partition coefficient (Wildman–Crippen LogP) is 3.13. The van der Waals surface area contributed by atoms with Gasteiger partial charge >= 0.3 is 0 Å². The molecule has 0 N–H and O–H groups in total. The van der Waals surface area contributed by atoms with Crippen LogP contribution in [-0.4, -0.2) is 4.98 Å². The number of fused-ring (bicyclic) bond motifs is 1. The molecule has 0 amide bonds. The zero-order valence-electron chi connectivity index (χ0n) is 6.50. The van der Waals surface area contributed by atoms with Crippen molar-refractivity contribution < 1.29 is 0 Å².